The van der Waals surface area contributed by atoms with Crippen molar-refractivity contribution in [2.24, 2.45) is 5.92 Å². The lowest BCUT2D eigenvalue weighted by Gasteiger charge is -2.31. The molecule has 532 valence electrons. The summed E-state index contributed by atoms with van der Waals surface area (Å²) in [6.45, 7) is -2.66. The summed E-state index contributed by atoms with van der Waals surface area (Å²) >= 11 is 0. The average molecular weight is 1380 g/mol. The molecule has 3 aliphatic heterocycles. The van der Waals surface area contributed by atoms with Crippen molar-refractivity contribution in [3.63, 3.8) is 0 Å². The van der Waals surface area contributed by atoms with Crippen LogP contribution in [0.15, 0.2) is 59.4 Å². The summed E-state index contributed by atoms with van der Waals surface area (Å²) in [4.78, 5) is 165. The Hall–Kier alpha value is -9.44. The van der Waals surface area contributed by atoms with Crippen molar-refractivity contribution in [2.45, 2.75) is 158 Å². The lowest BCUT2D eigenvalue weighted by molar-refractivity contribution is -0.172. The molecule has 9 rings (SSSR count). The van der Waals surface area contributed by atoms with Crippen LogP contribution in [0.4, 0.5) is 4.39 Å². The maximum absolute atomic E-state index is 15.7. The highest BCUT2D eigenvalue weighted by molar-refractivity contribution is 6.12. The van der Waals surface area contributed by atoms with Gasteiger partial charge in [0.2, 0.25) is 47.3 Å². The molecule has 0 saturated heterocycles. The molecule has 8 atom stereocenters. The van der Waals surface area contributed by atoms with Crippen LogP contribution in [0, 0.1) is 11.7 Å². The van der Waals surface area contributed by atoms with E-state index < -0.39 is 171 Å². The Morgan fingerprint density at radius 3 is 2.13 bits per heavy atom. The Balaban J connectivity index is 0.748. The van der Waals surface area contributed by atoms with Crippen LogP contribution in [-0.4, -0.2) is 211 Å². The second kappa shape index (κ2) is 32.9. The maximum atomic E-state index is 15.7. The van der Waals surface area contributed by atoms with Crippen molar-refractivity contribution in [3.8, 4) is 11.4 Å². The number of carbonyl (C=O) groups is 11. The second-order valence-electron chi connectivity index (χ2n) is 25.2. The van der Waals surface area contributed by atoms with Crippen LogP contribution in [0.3, 0.4) is 0 Å². The van der Waals surface area contributed by atoms with Gasteiger partial charge in [0.25, 0.3) is 17.4 Å². The van der Waals surface area contributed by atoms with E-state index >= 15 is 4.39 Å². The molecule has 0 spiro atoms. The number of benzene rings is 2. The summed E-state index contributed by atoms with van der Waals surface area (Å²) in [7, 11) is 1.19. The van der Waals surface area contributed by atoms with E-state index in [1.54, 1.807) is 43.3 Å². The fourth-order valence-corrected chi connectivity index (χ4v) is 12.6. The zero-order valence-corrected chi connectivity index (χ0v) is 54.6. The normalized spacial score (nSPS) is 17.9. The maximum Gasteiger partial charge on any atom is 0.343 e. The number of imide groups is 1. The van der Waals surface area contributed by atoms with E-state index in [0.29, 0.717) is 89.5 Å². The number of nitrogens with one attached hydrogen (secondary N) is 7. The highest BCUT2D eigenvalue weighted by Crippen LogP contribution is 2.43. The number of pyridine rings is 2. The van der Waals surface area contributed by atoms with E-state index in [2.05, 4.69) is 37.2 Å². The number of rotatable bonds is 35. The number of aliphatic hydroxyl groups is 6. The van der Waals surface area contributed by atoms with Gasteiger partial charge in [-0.3, -0.25) is 57.6 Å². The lowest BCUT2D eigenvalue weighted by atomic mass is 9.86. The topological polar surface area (TPSA) is 453 Å². The number of likely N-dealkylation sites (N-methyl/N-ethyl adjacent to an activating group) is 1. The van der Waals surface area contributed by atoms with Gasteiger partial charge in [-0.05, 0) is 92.0 Å². The molecule has 0 radical (unpaired) electrons. The van der Waals surface area contributed by atoms with Crippen molar-refractivity contribution >= 4 is 75.9 Å². The third kappa shape index (κ3) is 17.7. The third-order valence-corrected chi connectivity index (χ3v) is 18.3. The Morgan fingerprint density at radius 1 is 0.758 bits per heavy atom. The van der Waals surface area contributed by atoms with Gasteiger partial charge in [-0.15, -0.1) is 0 Å². The zero-order valence-electron chi connectivity index (χ0n) is 54.6. The summed E-state index contributed by atoms with van der Waals surface area (Å²) in [5, 5.41) is 79.7. The van der Waals surface area contributed by atoms with Crippen molar-refractivity contribution in [2.75, 3.05) is 53.1 Å². The quantitative estimate of drug-likeness (QED) is 0.00828. The van der Waals surface area contributed by atoms with Crippen molar-refractivity contribution in [3.05, 3.63) is 110 Å². The van der Waals surface area contributed by atoms with Crippen LogP contribution in [0.5, 0.6) is 0 Å². The van der Waals surface area contributed by atoms with Gasteiger partial charge in [0.1, 0.15) is 61.8 Å². The SMILES string of the molecule is CC[C@@]1(O)C(=O)OCc2c1cc1n(c2=O)Cc2c-1nc1cc(F)c3c(c1c2CNC(=O)[C@@H](OCNC(=O)CNC(=O)[C@H](Cc1ccccc1)NC(=O)CNC(=O)CNC(=O)CC[C@H](NC(=O)CCCCCN1C(=O)C=CC1=O)C(=O)N(C)C[C@H](O)[C@@H](O)[C@H](O)[C@H](O)CO)C1CC1)CCC3. The van der Waals surface area contributed by atoms with Gasteiger partial charge < -0.3 is 86.8 Å². The molecular weight excluding hydrogens is 1300 g/mol. The van der Waals surface area contributed by atoms with Gasteiger partial charge in [0, 0.05) is 80.7 Å². The molecular formula is C67H82FN11O20. The number of carbonyl (C=O) groups excluding carboxylic acids is 11. The standard InChI is InChI=1S/C67H82FN11O20/c1-3-67(97)42-24-47-58-40(30-79(47)64(94)41(42)33-98-66(67)96)39(57-38-14-10-13-37(38)43(68)25-45(57)76-58)26-71-63(93)61(36-16-17-36)99-34-73-53(86)28-72-62(92)46(23-35-11-6-4-7-12-35)75-54(87)29-70-52(85)27-69-50(83)19-18-44(65(95)77(2)31-48(81)59(90)60(91)49(82)32-80)74-51(84)15-8-5-9-22-78-55(88)20-21-56(78)89/h4,6-7,11-12,20-21,24-25,36,44,46,48-49,59-61,80-82,90-91,97H,3,5,8-10,13-19,22-23,26-34H2,1-2H3,(H,69,83)(H,70,85)(H,71,93)(H,72,92)(H,73,86)(H,74,84)(H,75,87)/t44-,46-,48-,49+,59+,60+,61-,67-/m0/s1. The number of aryl methyl sites for hydroxylation is 1. The van der Waals surface area contributed by atoms with Gasteiger partial charge in [0.05, 0.1) is 55.3 Å². The number of cyclic esters (lactones) is 1. The summed E-state index contributed by atoms with van der Waals surface area (Å²) < 4.78 is 28.4. The number of hydrogen-bond donors (Lipinski definition) is 13. The molecule has 4 aromatic rings. The number of ether oxygens (including phenoxy) is 2. The first-order valence-electron chi connectivity index (χ1n) is 32.9. The van der Waals surface area contributed by atoms with Gasteiger partial charge in [-0.1, -0.05) is 43.7 Å². The molecule has 32 heteroatoms. The van der Waals surface area contributed by atoms with E-state index in [1.165, 1.54) is 17.7 Å². The van der Waals surface area contributed by atoms with E-state index in [4.69, 9.17) is 19.6 Å². The summed E-state index contributed by atoms with van der Waals surface area (Å²) in [5.74, 6) is -8.39. The zero-order chi connectivity index (χ0) is 71.4. The molecule has 10 amide bonds. The number of aliphatic hydroxyl groups excluding tert-OH is 5. The number of halogens is 1. The Bertz CT molecular complexity index is 3870. The lowest BCUT2D eigenvalue weighted by Crippen LogP contribution is -2.53. The van der Waals surface area contributed by atoms with Crippen LogP contribution in [-0.2, 0) is 107 Å². The van der Waals surface area contributed by atoms with E-state index in [1.807, 2.05) is 0 Å². The minimum atomic E-state index is -2.08. The van der Waals surface area contributed by atoms with Gasteiger partial charge in [0.15, 0.2) is 5.60 Å². The molecule has 31 nitrogen and oxygen atoms in total. The smallest absolute Gasteiger partial charge is 0.343 e. The van der Waals surface area contributed by atoms with Crippen LogP contribution < -0.4 is 42.8 Å². The average Bonchev–Trinajstić information content (AvgIpc) is 1.64. The first-order valence-corrected chi connectivity index (χ1v) is 32.9. The molecule has 2 aromatic heterocycles. The molecule has 5 heterocycles. The van der Waals surface area contributed by atoms with Gasteiger partial charge in [-0.2, -0.15) is 0 Å². The molecule has 2 aliphatic carbocycles. The van der Waals surface area contributed by atoms with Gasteiger partial charge in [-0.25, -0.2) is 14.2 Å². The van der Waals surface area contributed by atoms with E-state index in [-0.39, 0.29) is 75.4 Å². The minimum absolute atomic E-state index is 0.0233. The largest absolute Gasteiger partial charge is 0.458 e. The van der Waals surface area contributed by atoms with Crippen LogP contribution in [0.2, 0.25) is 0 Å². The van der Waals surface area contributed by atoms with Crippen molar-refractivity contribution < 1.29 is 97.2 Å². The predicted octanol–water partition coefficient (Wildman–Crippen LogP) is -3.09. The van der Waals surface area contributed by atoms with Crippen LogP contribution >= 0.6 is 0 Å². The number of amides is 10. The number of fused-ring (bicyclic) bond motifs is 7. The highest BCUT2D eigenvalue weighted by Gasteiger charge is 2.46. The molecule has 1 saturated carbocycles. The molecule has 99 heavy (non-hydrogen) atoms. The molecule has 0 unspecified atom stereocenters. The predicted molar refractivity (Wildman–Crippen MR) is 344 cm³/mol. The van der Waals surface area contributed by atoms with Crippen LogP contribution in [0.1, 0.15) is 110 Å². The second-order valence-corrected chi connectivity index (χ2v) is 25.2. The molecule has 5 aliphatic rings. The first kappa shape index (κ1) is 73.8. The number of hydrogen-bond acceptors (Lipinski definition) is 21. The van der Waals surface area contributed by atoms with Gasteiger partial charge >= 0.3 is 5.97 Å². The number of aromatic nitrogens is 2. The van der Waals surface area contributed by atoms with E-state index in [0.717, 1.165) is 27.5 Å². The minimum Gasteiger partial charge on any atom is -0.458 e. The summed E-state index contributed by atoms with van der Waals surface area (Å²) in [6, 6.07) is 8.74. The highest BCUT2D eigenvalue weighted by atomic mass is 19.1. The molecule has 2 aromatic carbocycles. The number of unbranched alkanes of at least 4 members (excludes halogenated alkanes) is 2. The van der Waals surface area contributed by atoms with E-state index in [9.17, 15) is 83.1 Å². The van der Waals surface area contributed by atoms with Crippen molar-refractivity contribution in [1.29, 1.82) is 0 Å². The Kier molecular flexibility index (Phi) is 24.6. The van der Waals surface area contributed by atoms with Crippen LogP contribution in [0.25, 0.3) is 22.3 Å². The molecule has 13 N–H and O–H groups in total. The Labute approximate surface area is 566 Å². The fourth-order valence-electron chi connectivity index (χ4n) is 12.6. The summed E-state index contributed by atoms with van der Waals surface area (Å²) in [6.07, 6.45) is -3.39. The molecule has 1 fully saturated rings. The third-order valence-electron chi connectivity index (χ3n) is 18.3. The molecule has 0 bridgehead atoms. The monoisotopic (exact) mass is 1380 g/mol. The first-order chi connectivity index (χ1) is 47.3. The number of esters is 1. The fraction of sp³-hybridized carbons (Fsp3) is 0.507. The van der Waals surface area contributed by atoms with Crippen molar-refractivity contribution in [1.82, 2.24) is 56.6 Å². The summed E-state index contributed by atoms with van der Waals surface area (Å²) in [5.41, 5.74) is 1.70. The Morgan fingerprint density at radius 2 is 1.42 bits per heavy atom. The number of nitrogens with zero attached hydrogens (tertiary/aromatic N) is 4.